The number of rotatable bonds is 12. The molecule has 1 aromatic carbocycles. The van der Waals surface area contributed by atoms with Crippen molar-refractivity contribution in [3.63, 3.8) is 0 Å². The minimum Gasteiger partial charge on any atom is -0.494 e. The number of carbonyl (C=O) groups excluding carboxylic acids is 4. The van der Waals surface area contributed by atoms with Gasteiger partial charge in [0, 0.05) is 38.4 Å². The molecule has 3 N–H and O–H groups in total. The summed E-state index contributed by atoms with van der Waals surface area (Å²) in [5.74, 6) is -8.88. The zero-order chi connectivity index (χ0) is 47.2. The van der Waals surface area contributed by atoms with Crippen LogP contribution in [0.2, 0.25) is 0 Å². The lowest BCUT2D eigenvalue weighted by atomic mass is 9.87. The summed E-state index contributed by atoms with van der Waals surface area (Å²) in [7, 11) is -2.83. The Balaban J connectivity index is 1.42. The molecule has 64 heavy (non-hydrogen) atoms. The van der Waals surface area contributed by atoms with Gasteiger partial charge in [0.05, 0.1) is 35.5 Å². The average molecular weight is 931 g/mol. The Labute approximate surface area is 367 Å². The van der Waals surface area contributed by atoms with E-state index in [0.29, 0.717) is 32.6 Å². The number of aromatic nitrogens is 2. The largest absolute Gasteiger partial charge is 0.494 e. The SMILES string of the molecule is CCOc1ccc2nc(C(F)(F)F)c(OC3CC4C(=O)NC5(C(=O)NS(=O)(=O)C6(C)CC6)CC5C=CCCC(C)CC(COC)C(NC(=O)OC(C)(C)C(C)(F)F)C(=O)N4C3)nc2c1. The van der Waals surface area contributed by atoms with Crippen molar-refractivity contribution in [2.45, 2.75) is 133 Å². The van der Waals surface area contributed by atoms with Gasteiger partial charge in [-0.2, -0.15) is 13.2 Å². The summed E-state index contributed by atoms with van der Waals surface area (Å²) in [5.41, 5.74) is -5.80. The number of benzene rings is 1. The topological polar surface area (TPSA) is 204 Å². The molecule has 2 aliphatic heterocycles. The third-order valence-electron chi connectivity index (χ3n) is 12.6. The molecule has 4 amide bonds. The van der Waals surface area contributed by atoms with Crippen molar-refractivity contribution >= 4 is 44.9 Å². The molecule has 0 radical (unpaired) electrons. The molecule has 6 rings (SSSR count). The number of alkyl carbamates (subject to hydrolysis) is 1. The number of halogens is 5. The number of fused-ring (bicyclic) bond motifs is 3. The molecule has 0 bridgehead atoms. The van der Waals surface area contributed by atoms with Crippen LogP contribution in [0.25, 0.3) is 11.0 Å². The Morgan fingerprint density at radius 2 is 1.75 bits per heavy atom. The van der Waals surface area contributed by atoms with Gasteiger partial charge in [0.2, 0.25) is 33.4 Å². The molecule has 4 aliphatic rings. The van der Waals surface area contributed by atoms with Crippen LogP contribution in [-0.2, 0) is 40.1 Å². The molecule has 354 valence electrons. The number of amides is 4. The van der Waals surface area contributed by atoms with Crippen LogP contribution < -0.4 is 24.8 Å². The molecule has 2 aromatic rings. The van der Waals surface area contributed by atoms with Crippen molar-refractivity contribution in [3.05, 3.63) is 36.0 Å². The van der Waals surface area contributed by atoms with Gasteiger partial charge >= 0.3 is 12.3 Å². The van der Waals surface area contributed by atoms with Gasteiger partial charge in [-0.3, -0.25) is 19.1 Å². The number of alkyl halides is 5. The molecule has 0 spiro atoms. The van der Waals surface area contributed by atoms with E-state index in [0.717, 1.165) is 18.7 Å². The van der Waals surface area contributed by atoms with Crippen molar-refractivity contribution in [3.8, 4) is 11.6 Å². The van der Waals surface area contributed by atoms with E-state index in [-0.39, 0.29) is 48.8 Å². The zero-order valence-electron chi connectivity index (χ0n) is 36.6. The molecular weight excluding hydrogens is 876 g/mol. The molecule has 3 fully saturated rings. The second-order valence-electron chi connectivity index (χ2n) is 18.1. The van der Waals surface area contributed by atoms with Crippen LogP contribution in [0.3, 0.4) is 0 Å². The number of nitrogens with one attached hydrogen (secondary N) is 3. The number of sulfonamides is 1. The van der Waals surface area contributed by atoms with Gasteiger partial charge in [-0.25, -0.2) is 32.0 Å². The number of nitrogens with zero attached hydrogens (tertiary/aromatic N) is 3. The fourth-order valence-corrected chi connectivity index (χ4v) is 9.28. The number of hydrogen-bond acceptors (Lipinski definition) is 12. The van der Waals surface area contributed by atoms with Crippen molar-refractivity contribution in [2.75, 3.05) is 26.9 Å². The zero-order valence-corrected chi connectivity index (χ0v) is 37.5. The van der Waals surface area contributed by atoms with Crippen molar-refractivity contribution in [2.24, 2.45) is 17.8 Å². The Morgan fingerprint density at radius 3 is 2.38 bits per heavy atom. The highest BCUT2D eigenvalue weighted by atomic mass is 32.2. The molecule has 7 unspecified atom stereocenters. The minimum absolute atomic E-state index is 0.0153. The maximum absolute atomic E-state index is 15.0. The lowest BCUT2D eigenvalue weighted by molar-refractivity contribution is -0.152. The highest BCUT2D eigenvalue weighted by Gasteiger charge is 2.63. The summed E-state index contributed by atoms with van der Waals surface area (Å²) < 4.78 is 122. The number of allylic oxidation sites excluding steroid dienone is 1. The maximum Gasteiger partial charge on any atom is 0.438 e. The summed E-state index contributed by atoms with van der Waals surface area (Å²) in [5, 5.41) is 5.10. The maximum atomic E-state index is 15.0. The van der Waals surface area contributed by atoms with Gasteiger partial charge in [-0.1, -0.05) is 19.1 Å². The molecule has 22 heteroatoms. The first-order chi connectivity index (χ1) is 29.7. The van der Waals surface area contributed by atoms with Gasteiger partial charge in [-0.15, -0.1) is 0 Å². The highest BCUT2D eigenvalue weighted by Crippen LogP contribution is 2.48. The van der Waals surface area contributed by atoms with E-state index in [2.05, 4.69) is 25.3 Å². The summed E-state index contributed by atoms with van der Waals surface area (Å²) in [6.07, 6.45) is -3.07. The van der Waals surface area contributed by atoms with Crippen LogP contribution in [0, 0.1) is 17.8 Å². The summed E-state index contributed by atoms with van der Waals surface area (Å²) in [4.78, 5) is 66.0. The smallest absolute Gasteiger partial charge is 0.438 e. The lowest BCUT2D eigenvalue weighted by Crippen LogP contribution is -2.60. The minimum atomic E-state index is -5.08. The monoisotopic (exact) mass is 930 g/mol. The standard InChI is InChI=1S/C42H55F5N6O10S/c1-8-61-26-13-14-28-29(18-26)49-34(32(48-28)42(45,46)47)62-27-19-30-33(54)51-41(36(56)52-64(58,59)39(5)15-16-39)20-25(41)12-10-9-11-23(2)17-24(22-60-7)31(35(55)53(30)21-27)50-37(57)63-38(3,4)40(6,43)44/h10,12-14,18,23-25,27,30-31H,8-9,11,15-17,19-22H2,1-7H3,(H,50,57)(H,51,54)(H,52,56). The predicted octanol–water partition coefficient (Wildman–Crippen LogP) is 5.44. The average Bonchev–Trinajstić information content (AvgIpc) is 4.07. The van der Waals surface area contributed by atoms with E-state index in [1.807, 2.05) is 6.92 Å². The van der Waals surface area contributed by atoms with Crippen molar-refractivity contribution < 1.29 is 68.5 Å². The molecule has 16 nitrogen and oxygen atoms in total. The Hall–Kier alpha value is -4.86. The van der Waals surface area contributed by atoms with Crippen LogP contribution in [0.4, 0.5) is 26.7 Å². The summed E-state index contributed by atoms with van der Waals surface area (Å²) in [6.45, 7) is 7.09. The number of ether oxygens (including phenoxy) is 4. The first-order valence-electron chi connectivity index (χ1n) is 21.1. The van der Waals surface area contributed by atoms with E-state index < -0.39 is 116 Å². The van der Waals surface area contributed by atoms with E-state index in [9.17, 15) is 44.8 Å². The molecule has 2 saturated carbocycles. The molecular formula is C42H55F5N6O10S. The van der Waals surface area contributed by atoms with E-state index in [1.54, 1.807) is 19.1 Å². The fourth-order valence-electron chi connectivity index (χ4n) is 7.97. The predicted molar refractivity (Wildman–Crippen MR) is 220 cm³/mol. The molecule has 7 atom stereocenters. The quantitative estimate of drug-likeness (QED) is 0.180. The molecule has 3 heterocycles. The summed E-state index contributed by atoms with van der Waals surface area (Å²) >= 11 is 0. The van der Waals surface area contributed by atoms with E-state index in [1.165, 1.54) is 32.2 Å². The summed E-state index contributed by atoms with van der Waals surface area (Å²) in [6, 6.07) is 0.854. The van der Waals surface area contributed by atoms with E-state index in [4.69, 9.17) is 18.9 Å². The number of carbonyl (C=O) groups is 4. The first kappa shape index (κ1) is 48.6. The molecule has 1 aromatic heterocycles. The van der Waals surface area contributed by atoms with Crippen LogP contribution in [0.15, 0.2) is 30.4 Å². The van der Waals surface area contributed by atoms with Crippen molar-refractivity contribution in [1.29, 1.82) is 0 Å². The van der Waals surface area contributed by atoms with Gasteiger partial charge in [-0.05, 0) is 84.3 Å². The van der Waals surface area contributed by atoms with Gasteiger partial charge in [0.15, 0.2) is 5.60 Å². The van der Waals surface area contributed by atoms with Crippen LogP contribution >= 0.6 is 0 Å². The second-order valence-corrected chi connectivity index (χ2v) is 20.3. The first-order valence-corrected chi connectivity index (χ1v) is 22.6. The highest BCUT2D eigenvalue weighted by molar-refractivity contribution is 7.91. The van der Waals surface area contributed by atoms with Gasteiger partial charge in [0.1, 0.15) is 29.5 Å². The second kappa shape index (κ2) is 17.8. The third kappa shape index (κ3) is 10.3. The van der Waals surface area contributed by atoms with E-state index >= 15 is 4.79 Å². The fraction of sp³-hybridized carbons (Fsp3) is 0.667. The number of hydrogen-bond donors (Lipinski definition) is 3. The van der Waals surface area contributed by atoms with Crippen LogP contribution in [-0.4, -0.2) is 114 Å². The van der Waals surface area contributed by atoms with Crippen LogP contribution in [0.5, 0.6) is 11.6 Å². The molecule has 2 aliphatic carbocycles. The van der Waals surface area contributed by atoms with Gasteiger partial charge < -0.3 is 34.5 Å². The Kier molecular flexibility index (Phi) is 13.5. The van der Waals surface area contributed by atoms with Crippen molar-refractivity contribution in [1.82, 2.24) is 30.2 Å². The number of methoxy groups -OCH3 is 1. The van der Waals surface area contributed by atoms with Gasteiger partial charge in [0.25, 0.3) is 11.8 Å². The lowest BCUT2D eigenvalue weighted by Gasteiger charge is -2.35. The van der Waals surface area contributed by atoms with Crippen LogP contribution in [0.1, 0.15) is 92.2 Å². The Bertz CT molecular complexity index is 2270. The normalized spacial score (nSPS) is 27.6. The third-order valence-corrected chi connectivity index (χ3v) is 14.8. The Morgan fingerprint density at radius 1 is 1.05 bits per heavy atom. The molecule has 1 saturated heterocycles.